The minimum Gasteiger partial charge on any atom is -0.481 e. The van der Waals surface area contributed by atoms with Crippen molar-refractivity contribution < 1.29 is 14.3 Å². The van der Waals surface area contributed by atoms with Gasteiger partial charge in [-0.1, -0.05) is 0 Å². The zero-order valence-electron chi connectivity index (χ0n) is 7.41. The Bertz CT molecular complexity index is 339. The van der Waals surface area contributed by atoms with Crippen molar-refractivity contribution in [3.05, 3.63) is 17.3 Å². The summed E-state index contributed by atoms with van der Waals surface area (Å²) >= 11 is 0. The molecule has 4 heteroatoms. The number of hydrogen-bond donors (Lipinski definition) is 1. The first-order chi connectivity index (χ1) is 6.16. The second-order valence-corrected chi connectivity index (χ2v) is 3.41. The molecule has 1 aromatic heterocycles. The Balaban J connectivity index is 2.19. The number of aliphatic carboxylic acids is 1. The van der Waals surface area contributed by atoms with Crippen LogP contribution >= 0.6 is 0 Å². The van der Waals surface area contributed by atoms with Crippen LogP contribution in [0.1, 0.15) is 36.1 Å². The Labute approximate surface area is 75.6 Å². The van der Waals surface area contributed by atoms with Gasteiger partial charge in [0.05, 0.1) is 5.69 Å². The lowest BCUT2D eigenvalue weighted by Gasteiger charge is -1.90. The van der Waals surface area contributed by atoms with Crippen LogP contribution in [-0.2, 0) is 11.2 Å². The van der Waals surface area contributed by atoms with E-state index in [1.54, 1.807) is 6.92 Å². The maximum absolute atomic E-state index is 10.4. The number of aromatic nitrogens is 1. The molecule has 70 valence electrons. The van der Waals surface area contributed by atoms with E-state index in [0.29, 0.717) is 23.3 Å². The molecule has 4 nitrogen and oxygen atoms in total. The van der Waals surface area contributed by atoms with E-state index in [1.807, 2.05) is 0 Å². The Morgan fingerprint density at radius 1 is 1.69 bits per heavy atom. The molecule has 0 aromatic carbocycles. The first-order valence-electron chi connectivity index (χ1n) is 4.35. The summed E-state index contributed by atoms with van der Waals surface area (Å²) in [6.45, 7) is 1.79. The van der Waals surface area contributed by atoms with Crippen LogP contribution in [0.15, 0.2) is 4.42 Å². The van der Waals surface area contributed by atoms with Gasteiger partial charge in [0.25, 0.3) is 0 Å². The molecule has 0 spiro atoms. The molecule has 0 radical (unpaired) electrons. The molecule has 1 N–H and O–H groups in total. The maximum atomic E-state index is 10.4. The summed E-state index contributed by atoms with van der Waals surface area (Å²) in [5.41, 5.74) is 0.712. The van der Waals surface area contributed by atoms with Crippen molar-refractivity contribution in [2.45, 2.75) is 32.1 Å². The van der Waals surface area contributed by atoms with E-state index in [1.165, 1.54) is 0 Å². The lowest BCUT2D eigenvalue weighted by atomic mass is 10.3. The molecular weight excluding hydrogens is 170 g/mol. The third-order valence-electron chi connectivity index (χ3n) is 2.15. The van der Waals surface area contributed by atoms with Crippen LogP contribution in [0.3, 0.4) is 0 Å². The number of carboxylic acid groups (broad SMARTS) is 1. The SMILES string of the molecule is Cc1nc(C2CC2)oc1CC(=O)O. The van der Waals surface area contributed by atoms with Crippen LogP contribution in [0.4, 0.5) is 0 Å². The van der Waals surface area contributed by atoms with Crippen molar-refractivity contribution >= 4 is 5.97 Å². The minimum atomic E-state index is -0.874. The molecule has 1 saturated carbocycles. The van der Waals surface area contributed by atoms with Gasteiger partial charge >= 0.3 is 5.97 Å². The lowest BCUT2D eigenvalue weighted by Crippen LogP contribution is -1.99. The van der Waals surface area contributed by atoms with Gasteiger partial charge in [0.1, 0.15) is 12.2 Å². The molecule has 1 fully saturated rings. The van der Waals surface area contributed by atoms with Crippen molar-refractivity contribution in [1.29, 1.82) is 0 Å². The average molecular weight is 181 g/mol. The number of hydrogen-bond acceptors (Lipinski definition) is 3. The molecule has 0 saturated heterocycles. The largest absolute Gasteiger partial charge is 0.481 e. The van der Waals surface area contributed by atoms with Gasteiger partial charge in [-0.05, 0) is 19.8 Å². The predicted molar refractivity (Wildman–Crippen MR) is 44.6 cm³/mol. The minimum absolute atomic E-state index is 0.0639. The molecule has 0 atom stereocenters. The number of oxazole rings is 1. The Morgan fingerprint density at radius 3 is 2.92 bits per heavy atom. The van der Waals surface area contributed by atoms with Gasteiger partial charge in [-0.2, -0.15) is 0 Å². The van der Waals surface area contributed by atoms with Crippen molar-refractivity contribution in [2.24, 2.45) is 0 Å². The molecule has 1 aliphatic rings. The number of nitrogens with zero attached hydrogens (tertiary/aromatic N) is 1. The van der Waals surface area contributed by atoms with Gasteiger partial charge in [-0.25, -0.2) is 4.98 Å². The fraction of sp³-hybridized carbons (Fsp3) is 0.556. The molecule has 1 aliphatic carbocycles. The second kappa shape index (κ2) is 2.87. The molecule has 13 heavy (non-hydrogen) atoms. The van der Waals surface area contributed by atoms with E-state index in [2.05, 4.69) is 4.98 Å². The summed E-state index contributed by atoms with van der Waals surface area (Å²) in [6, 6.07) is 0. The fourth-order valence-corrected chi connectivity index (χ4v) is 1.26. The molecule has 2 rings (SSSR count). The van der Waals surface area contributed by atoms with Gasteiger partial charge in [-0.3, -0.25) is 4.79 Å². The van der Waals surface area contributed by atoms with Gasteiger partial charge < -0.3 is 9.52 Å². The first-order valence-corrected chi connectivity index (χ1v) is 4.35. The van der Waals surface area contributed by atoms with E-state index in [-0.39, 0.29) is 6.42 Å². The summed E-state index contributed by atoms with van der Waals surface area (Å²) in [5.74, 6) is 0.783. The highest BCUT2D eigenvalue weighted by Gasteiger charge is 2.29. The zero-order valence-corrected chi connectivity index (χ0v) is 7.41. The van der Waals surface area contributed by atoms with Crippen molar-refractivity contribution in [1.82, 2.24) is 4.98 Å². The highest BCUT2D eigenvalue weighted by atomic mass is 16.4. The van der Waals surface area contributed by atoms with Crippen LogP contribution in [-0.4, -0.2) is 16.1 Å². The Kier molecular flexibility index (Phi) is 1.83. The van der Waals surface area contributed by atoms with Crippen LogP contribution in [0.2, 0.25) is 0 Å². The van der Waals surface area contributed by atoms with Crippen molar-refractivity contribution in [3.8, 4) is 0 Å². The summed E-state index contributed by atoms with van der Waals surface area (Å²) < 4.78 is 5.36. The molecule has 0 aliphatic heterocycles. The fourth-order valence-electron chi connectivity index (χ4n) is 1.26. The number of aryl methyl sites for hydroxylation is 1. The molecule has 1 aromatic rings. The normalized spacial score (nSPS) is 16.1. The van der Waals surface area contributed by atoms with E-state index < -0.39 is 5.97 Å². The van der Waals surface area contributed by atoms with Crippen LogP contribution < -0.4 is 0 Å². The highest BCUT2D eigenvalue weighted by Crippen LogP contribution is 2.40. The monoisotopic (exact) mass is 181 g/mol. The maximum Gasteiger partial charge on any atom is 0.311 e. The summed E-state index contributed by atoms with van der Waals surface area (Å²) in [5, 5.41) is 8.57. The van der Waals surface area contributed by atoms with E-state index >= 15 is 0 Å². The molecule has 0 amide bonds. The van der Waals surface area contributed by atoms with Gasteiger partial charge in [0.2, 0.25) is 0 Å². The van der Waals surface area contributed by atoms with Crippen molar-refractivity contribution in [2.75, 3.05) is 0 Å². The predicted octanol–water partition coefficient (Wildman–Crippen LogP) is 1.49. The topological polar surface area (TPSA) is 63.3 Å². The summed E-state index contributed by atoms with van der Waals surface area (Å²) in [4.78, 5) is 14.6. The molecule has 0 bridgehead atoms. The number of rotatable bonds is 3. The van der Waals surface area contributed by atoms with Crippen molar-refractivity contribution in [3.63, 3.8) is 0 Å². The van der Waals surface area contributed by atoms with Crippen LogP contribution in [0.25, 0.3) is 0 Å². The number of carboxylic acids is 1. The van der Waals surface area contributed by atoms with Gasteiger partial charge in [0.15, 0.2) is 5.89 Å². The third-order valence-corrected chi connectivity index (χ3v) is 2.15. The van der Waals surface area contributed by atoms with E-state index in [4.69, 9.17) is 9.52 Å². The quantitative estimate of drug-likeness (QED) is 0.767. The van der Waals surface area contributed by atoms with Crippen LogP contribution in [0, 0.1) is 6.92 Å². The summed E-state index contributed by atoms with van der Waals surface area (Å²) in [7, 11) is 0. The van der Waals surface area contributed by atoms with Gasteiger partial charge in [0, 0.05) is 5.92 Å². The molecular formula is C9H11NO3. The van der Waals surface area contributed by atoms with E-state index in [9.17, 15) is 4.79 Å². The van der Waals surface area contributed by atoms with Crippen LogP contribution in [0.5, 0.6) is 0 Å². The Morgan fingerprint density at radius 2 is 2.38 bits per heavy atom. The zero-order chi connectivity index (χ0) is 9.42. The highest BCUT2D eigenvalue weighted by molar-refractivity contribution is 5.69. The smallest absolute Gasteiger partial charge is 0.311 e. The summed E-state index contributed by atoms with van der Waals surface area (Å²) in [6.07, 6.45) is 2.17. The second-order valence-electron chi connectivity index (χ2n) is 3.41. The average Bonchev–Trinajstić information content (AvgIpc) is 2.79. The lowest BCUT2D eigenvalue weighted by molar-refractivity contribution is -0.136. The third kappa shape index (κ3) is 1.71. The molecule has 0 unspecified atom stereocenters. The van der Waals surface area contributed by atoms with E-state index in [0.717, 1.165) is 12.8 Å². The first kappa shape index (κ1) is 8.29. The Hall–Kier alpha value is -1.32. The number of carbonyl (C=O) groups is 1. The standard InChI is InChI=1S/C9H11NO3/c1-5-7(4-8(11)12)13-9(10-5)6-2-3-6/h6H,2-4H2,1H3,(H,11,12). The molecule has 1 heterocycles. The van der Waals surface area contributed by atoms with Gasteiger partial charge in [-0.15, -0.1) is 0 Å².